The lowest BCUT2D eigenvalue weighted by molar-refractivity contribution is -0.144. The van der Waals surface area contributed by atoms with Crippen molar-refractivity contribution in [3.63, 3.8) is 0 Å². The van der Waals surface area contributed by atoms with Gasteiger partial charge in [-0.2, -0.15) is 4.31 Å². The lowest BCUT2D eigenvalue weighted by atomic mass is 9.95. The van der Waals surface area contributed by atoms with Crippen molar-refractivity contribution in [1.29, 1.82) is 0 Å². The molecule has 9 nitrogen and oxygen atoms in total. The largest absolute Gasteiger partial charge is 0.480 e. The van der Waals surface area contributed by atoms with Crippen molar-refractivity contribution in [3.8, 4) is 0 Å². The van der Waals surface area contributed by atoms with E-state index in [0.717, 1.165) is 0 Å². The van der Waals surface area contributed by atoms with Gasteiger partial charge in [-0.1, -0.05) is 13.8 Å². The van der Waals surface area contributed by atoms with Crippen LogP contribution in [0.15, 0.2) is 11.2 Å². The van der Waals surface area contributed by atoms with Gasteiger partial charge in [0.1, 0.15) is 11.9 Å². The van der Waals surface area contributed by atoms with Crippen LogP contribution in [0.4, 0.5) is 0 Å². The summed E-state index contributed by atoms with van der Waals surface area (Å²) >= 11 is 0. The summed E-state index contributed by atoms with van der Waals surface area (Å²) in [5.41, 5.74) is 0. The first-order valence-electron chi connectivity index (χ1n) is 8.57. The predicted molar refractivity (Wildman–Crippen MR) is 93.8 cm³/mol. The summed E-state index contributed by atoms with van der Waals surface area (Å²) in [6, 6.07) is -0.944. The van der Waals surface area contributed by atoms with E-state index in [2.05, 4.69) is 10.3 Å². The Hall–Kier alpha value is -1.94. The van der Waals surface area contributed by atoms with Crippen molar-refractivity contribution in [2.24, 2.45) is 18.9 Å². The molecule has 1 aliphatic heterocycles. The third-order valence-electron chi connectivity index (χ3n) is 4.75. The van der Waals surface area contributed by atoms with Crippen LogP contribution >= 0.6 is 0 Å². The van der Waals surface area contributed by atoms with Crippen molar-refractivity contribution in [3.05, 3.63) is 12.0 Å². The van der Waals surface area contributed by atoms with Crippen LogP contribution < -0.4 is 5.32 Å². The van der Waals surface area contributed by atoms with Crippen molar-refractivity contribution in [2.45, 2.75) is 44.7 Å². The van der Waals surface area contributed by atoms with Crippen LogP contribution in [-0.4, -0.2) is 58.4 Å². The van der Waals surface area contributed by atoms with Gasteiger partial charge in [-0.15, -0.1) is 0 Å². The third-order valence-corrected chi connectivity index (χ3v) is 6.52. The summed E-state index contributed by atoms with van der Waals surface area (Å²) in [4.78, 5) is 27.6. The molecule has 0 bridgehead atoms. The molecule has 0 aromatic carbocycles. The van der Waals surface area contributed by atoms with Gasteiger partial charge in [0.2, 0.25) is 5.91 Å². The summed E-state index contributed by atoms with van der Waals surface area (Å²) in [6.07, 6.45) is 2.17. The van der Waals surface area contributed by atoms with Crippen LogP contribution in [0, 0.1) is 18.8 Å². The van der Waals surface area contributed by atoms with Gasteiger partial charge < -0.3 is 15.0 Å². The van der Waals surface area contributed by atoms with Crippen LogP contribution in [0.5, 0.6) is 0 Å². The molecule has 1 aliphatic rings. The molecule has 1 aromatic heterocycles. The molecule has 0 aliphatic carbocycles. The lowest BCUT2D eigenvalue weighted by Crippen LogP contribution is -2.49. The number of aryl methyl sites for hydroxylation is 2. The van der Waals surface area contributed by atoms with Gasteiger partial charge >= 0.3 is 5.97 Å². The van der Waals surface area contributed by atoms with Crippen molar-refractivity contribution >= 4 is 21.9 Å². The number of hydrogen-bond acceptors (Lipinski definition) is 5. The zero-order chi connectivity index (χ0) is 19.6. The predicted octanol–water partition coefficient (Wildman–Crippen LogP) is 0.355. The van der Waals surface area contributed by atoms with E-state index in [4.69, 9.17) is 0 Å². The molecule has 146 valence electrons. The smallest absolute Gasteiger partial charge is 0.326 e. The quantitative estimate of drug-likeness (QED) is 0.728. The number of amides is 1. The van der Waals surface area contributed by atoms with E-state index in [0.29, 0.717) is 18.7 Å². The fraction of sp³-hybridized carbons (Fsp3) is 0.688. The number of imidazole rings is 1. The van der Waals surface area contributed by atoms with Crippen molar-refractivity contribution in [1.82, 2.24) is 19.2 Å². The van der Waals surface area contributed by atoms with Crippen LogP contribution in [0.3, 0.4) is 0 Å². The van der Waals surface area contributed by atoms with Crippen molar-refractivity contribution in [2.75, 3.05) is 13.1 Å². The number of nitrogens with one attached hydrogen (secondary N) is 1. The average Bonchev–Trinajstić information content (AvgIpc) is 2.91. The molecule has 1 unspecified atom stereocenters. The molecule has 0 radical (unpaired) electrons. The van der Waals surface area contributed by atoms with Crippen molar-refractivity contribution < 1.29 is 23.1 Å². The standard InChI is InChI=1S/C16H26N4O5S/c1-10(2)14(16(22)23)18-15(21)12-5-7-20(8-6-12)26(24,25)13-9-19(4)11(3)17-13/h9-10,12,14H,5-8H2,1-4H3,(H,18,21)(H,22,23). The normalized spacial score (nSPS) is 18.0. The van der Waals surface area contributed by atoms with Gasteiger partial charge in [0.25, 0.3) is 10.0 Å². The molecule has 26 heavy (non-hydrogen) atoms. The van der Waals surface area contributed by atoms with Crippen LogP contribution in [0.1, 0.15) is 32.5 Å². The molecule has 2 N–H and O–H groups in total. The highest BCUT2D eigenvalue weighted by Crippen LogP contribution is 2.24. The highest BCUT2D eigenvalue weighted by Gasteiger charge is 2.35. The minimum Gasteiger partial charge on any atom is -0.480 e. The second kappa shape index (κ2) is 7.75. The Morgan fingerprint density at radius 2 is 1.88 bits per heavy atom. The minimum absolute atomic E-state index is 0.00569. The van der Waals surface area contributed by atoms with E-state index in [1.807, 2.05) is 0 Å². The maximum atomic E-state index is 12.7. The zero-order valence-electron chi connectivity index (χ0n) is 15.5. The maximum absolute atomic E-state index is 12.7. The average molecular weight is 386 g/mol. The van der Waals surface area contributed by atoms with Gasteiger partial charge in [0.05, 0.1) is 0 Å². The van der Waals surface area contributed by atoms with Gasteiger partial charge in [-0.3, -0.25) is 4.79 Å². The summed E-state index contributed by atoms with van der Waals surface area (Å²) in [6.45, 7) is 5.58. The second-order valence-corrected chi connectivity index (χ2v) is 8.87. The van der Waals surface area contributed by atoms with Gasteiger partial charge in [-0.25, -0.2) is 18.2 Å². The number of hydrogen-bond donors (Lipinski definition) is 2. The summed E-state index contributed by atoms with van der Waals surface area (Å²) in [7, 11) is -1.96. The highest BCUT2D eigenvalue weighted by molar-refractivity contribution is 7.89. The second-order valence-electron chi connectivity index (χ2n) is 6.98. The molecular weight excluding hydrogens is 360 g/mol. The number of nitrogens with zero attached hydrogens (tertiary/aromatic N) is 3. The molecule has 10 heteroatoms. The Bertz CT molecular complexity index is 759. The summed E-state index contributed by atoms with van der Waals surface area (Å²) < 4.78 is 28.3. The molecular formula is C16H26N4O5S. The van der Waals surface area contributed by atoms with Crippen LogP contribution in [0.2, 0.25) is 0 Å². The minimum atomic E-state index is -3.69. The van der Waals surface area contributed by atoms with Gasteiger partial charge in [0.15, 0.2) is 5.03 Å². The van der Waals surface area contributed by atoms with E-state index in [1.165, 1.54) is 10.5 Å². The fourth-order valence-electron chi connectivity index (χ4n) is 2.93. The number of aromatic nitrogens is 2. The number of rotatable bonds is 6. The highest BCUT2D eigenvalue weighted by atomic mass is 32.2. The number of carbonyl (C=O) groups excluding carboxylic acids is 1. The van der Waals surface area contributed by atoms with Gasteiger partial charge in [-0.05, 0) is 25.7 Å². The number of aliphatic carboxylic acids is 1. The van der Waals surface area contributed by atoms with E-state index >= 15 is 0 Å². The third kappa shape index (κ3) is 4.24. The first-order valence-corrected chi connectivity index (χ1v) is 10.0. The number of sulfonamides is 1. The van der Waals surface area contributed by atoms with Crippen LogP contribution in [0.25, 0.3) is 0 Å². The number of carboxylic acids is 1. The molecule has 1 aromatic rings. The molecule has 0 saturated carbocycles. The zero-order valence-corrected chi connectivity index (χ0v) is 16.3. The molecule has 1 saturated heterocycles. The Morgan fingerprint density at radius 1 is 1.31 bits per heavy atom. The molecule has 1 amide bonds. The first kappa shape index (κ1) is 20.4. The lowest BCUT2D eigenvalue weighted by Gasteiger charge is -2.31. The van der Waals surface area contributed by atoms with Crippen LogP contribution in [-0.2, 0) is 26.7 Å². The first-order chi connectivity index (χ1) is 12.0. The molecule has 1 atom stereocenters. The Kier molecular flexibility index (Phi) is 6.07. The topological polar surface area (TPSA) is 122 Å². The molecule has 2 rings (SSSR count). The van der Waals surface area contributed by atoms with Gasteiger partial charge in [0, 0.05) is 32.3 Å². The Balaban J connectivity index is 2.00. The van der Waals surface area contributed by atoms with E-state index in [9.17, 15) is 23.1 Å². The van der Waals surface area contributed by atoms with E-state index in [1.54, 1.807) is 32.4 Å². The SMILES string of the molecule is Cc1nc(S(=O)(=O)N2CCC(C(=O)NC(C(=O)O)C(C)C)CC2)cn1C. The van der Waals surface area contributed by atoms with E-state index in [-0.39, 0.29) is 29.9 Å². The molecule has 2 heterocycles. The summed E-state index contributed by atoms with van der Waals surface area (Å²) in [5, 5.41) is 11.7. The molecule has 1 fully saturated rings. The molecule has 0 spiro atoms. The Labute approximate surface area is 153 Å². The van der Waals surface area contributed by atoms with E-state index < -0.39 is 28.0 Å². The maximum Gasteiger partial charge on any atom is 0.326 e. The fourth-order valence-corrected chi connectivity index (χ4v) is 4.42. The summed E-state index contributed by atoms with van der Waals surface area (Å²) in [5.74, 6) is -1.43. The number of carboxylic acid groups (broad SMARTS) is 1. The monoisotopic (exact) mass is 386 g/mol. The Morgan fingerprint density at radius 3 is 2.31 bits per heavy atom. The number of piperidine rings is 1. The number of carbonyl (C=O) groups is 2.